The SMILES string of the molecule is C/C=C\C(CC=N)CCNC.CC1C2=C(CC=CC1C=O)Sc1ccccc1C(c1ccccn1)=N2. The van der Waals surface area contributed by atoms with E-state index < -0.39 is 0 Å². The Balaban J connectivity index is 0.000000280. The Morgan fingerprint density at radius 2 is 2.03 bits per heavy atom. The van der Waals surface area contributed by atoms with Crippen molar-refractivity contribution in [3.05, 3.63) is 94.8 Å². The molecule has 0 saturated heterocycles. The summed E-state index contributed by atoms with van der Waals surface area (Å²) in [5, 5.41) is 10.1. The van der Waals surface area contributed by atoms with Gasteiger partial charge in [0.25, 0.3) is 0 Å². The first-order chi connectivity index (χ1) is 17.6. The number of nitrogens with zero attached hydrogens (tertiary/aromatic N) is 2. The molecule has 4 rings (SSSR count). The van der Waals surface area contributed by atoms with Gasteiger partial charge in [0, 0.05) is 33.4 Å². The lowest BCUT2D eigenvalue weighted by Crippen LogP contribution is -2.14. The molecule has 0 spiro atoms. The van der Waals surface area contributed by atoms with Crippen LogP contribution in [0.15, 0.2) is 93.5 Å². The molecule has 1 aromatic heterocycles. The maximum atomic E-state index is 11.5. The second-order valence-corrected chi connectivity index (χ2v) is 9.97. The summed E-state index contributed by atoms with van der Waals surface area (Å²) in [6, 6.07) is 14.2. The molecule has 1 aromatic carbocycles. The van der Waals surface area contributed by atoms with Gasteiger partial charge in [0.15, 0.2) is 0 Å². The van der Waals surface area contributed by atoms with Gasteiger partial charge in [-0.2, -0.15) is 0 Å². The Morgan fingerprint density at radius 1 is 1.22 bits per heavy atom. The van der Waals surface area contributed by atoms with E-state index in [1.165, 1.54) is 16.0 Å². The van der Waals surface area contributed by atoms with Crippen molar-refractivity contribution in [3.63, 3.8) is 0 Å². The van der Waals surface area contributed by atoms with Crippen LogP contribution in [-0.2, 0) is 4.79 Å². The molecule has 0 bridgehead atoms. The molecule has 3 atom stereocenters. The number of carbonyl (C=O) groups excluding carboxylic acids is 1. The van der Waals surface area contributed by atoms with E-state index in [1.807, 2.05) is 44.3 Å². The molecule has 1 aliphatic carbocycles. The molecule has 5 nitrogen and oxygen atoms in total. The normalized spacial score (nSPS) is 19.7. The predicted molar refractivity (Wildman–Crippen MR) is 152 cm³/mol. The molecule has 0 radical (unpaired) electrons. The number of rotatable bonds is 8. The van der Waals surface area contributed by atoms with Crippen LogP contribution in [0.5, 0.6) is 0 Å². The van der Waals surface area contributed by atoms with Crippen LogP contribution >= 0.6 is 11.8 Å². The number of thioether (sulfide) groups is 1. The van der Waals surface area contributed by atoms with Crippen molar-refractivity contribution in [1.29, 1.82) is 5.41 Å². The molecule has 0 fully saturated rings. The average molecular weight is 501 g/mol. The zero-order valence-corrected chi connectivity index (χ0v) is 22.2. The van der Waals surface area contributed by atoms with Gasteiger partial charge in [-0.15, -0.1) is 0 Å². The maximum absolute atomic E-state index is 11.5. The van der Waals surface area contributed by atoms with Gasteiger partial charge in [-0.25, -0.2) is 4.99 Å². The first-order valence-corrected chi connectivity index (χ1v) is 13.3. The molecule has 2 aliphatic rings. The molecule has 0 saturated carbocycles. The van der Waals surface area contributed by atoms with E-state index in [0.717, 1.165) is 54.8 Å². The third-order valence-electron chi connectivity index (χ3n) is 6.28. The highest BCUT2D eigenvalue weighted by Crippen LogP contribution is 2.42. The van der Waals surface area contributed by atoms with Gasteiger partial charge in [-0.1, -0.05) is 67.3 Å². The van der Waals surface area contributed by atoms with Crippen molar-refractivity contribution in [1.82, 2.24) is 10.3 Å². The lowest BCUT2D eigenvalue weighted by molar-refractivity contribution is -0.110. The lowest BCUT2D eigenvalue weighted by Gasteiger charge is -2.17. The molecule has 2 heterocycles. The molecule has 2 aromatic rings. The Hall–Kier alpha value is -3.09. The van der Waals surface area contributed by atoms with Crippen LogP contribution in [0, 0.1) is 23.2 Å². The number of fused-ring (bicyclic) bond motifs is 1. The summed E-state index contributed by atoms with van der Waals surface area (Å²) in [6.45, 7) is 5.14. The third-order valence-corrected chi connectivity index (χ3v) is 7.48. The van der Waals surface area contributed by atoms with E-state index in [-0.39, 0.29) is 11.8 Å². The van der Waals surface area contributed by atoms with Gasteiger partial charge in [0.05, 0.1) is 17.1 Å². The summed E-state index contributed by atoms with van der Waals surface area (Å²) < 4.78 is 0. The number of allylic oxidation sites excluding steroid dienone is 6. The van der Waals surface area contributed by atoms with Crippen molar-refractivity contribution in [3.8, 4) is 0 Å². The van der Waals surface area contributed by atoms with E-state index in [0.29, 0.717) is 5.92 Å². The summed E-state index contributed by atoms with van der Waals surface area (Å²) in [4.78, 5) is 23.5. The number of aliphatic imine (C=N–C) groups is 1. The van der Waals surface area contributed by atoms with E-state index in [1.54, 1.807) is 18.0 Å². The van der Waals surface area contributed by atoms with Crippen molar-refractivity contribution in [2.45, 2.75) is 38.0 Å². The van der Waals surface area contributed by atoms with Gasteiger partial charge in [0.2, 0.25) is 0 Å². The zero-order valence-electron chi connectivity index (χ0n) is 21.4. The molecular formula is C30H36N4OS. The van der Waals surface area contributed by atoms with Crippen LogP contribution in [0.25, 0.3) is 0 Å². The molecule has 6 heteroatoms. The summed E-state index contributed by atoms with van der Waals surface area (Å²) in [5.41, 5.74) is 3.84. The molecule has 0 amide bonds. The fourth-order valence-corrected chi connectivity index (χ4v) is 5.47. The van der Waals surface area contributed by atoms with Crippen LogP contribution in [0.3, 0.4) is 0 Å². The fourth-order valence-electron chi connectivity index (χ4n) is 4.27. The number of aromatic nitrogens is 1. The van der Waals surface area contributed by atoms with E-state index in [4.69, 9.17) is 10.4 Å². The minimum atomic E-state index is -0.136. The summed E-state index contributed by atoms with van der Waals surface area (Å²) in [6.07, 6.45) is 15.4. The van der Waals surface area contributed by atoms with E-state index >= 15 is 0 Å². The minimum absolute atomic E-state index is 0.0479. The number of hydrogen-bond acceptors (Lipinski definition) is 6. The van der Waals surface area contributed by atoms with Crippen LogP contribution in [-0.4, -0.2) is 36.8 Å². The van der Waals surface area contributed by atoms with Crippen LogP contribution in [0.2, 0.25) is 0 Å². The van der Waals surface area contributed by atoms with Gasteiger partial charge in [0.1, 0.15) is 6.29 Å². The largest absolute Gasteiger partial charge is 0.320 e. The number of carbonyl (C=O) groups is 1. The topological polar surface area (TPSA) is 78.2 Å². The average Bonchev–Trinajstić information content (AvgIpc) is 3.16. The second kappa shape index (κ2) is 14.5. The monoisotopic (exact) mass is 500 g/mol. The highest BCUT2D eigenvalue weighted by Gasteiger charge is 2.28. The smallest absolute Gasteiger partial charge is 0.127 e. The van der Waals surface area contributed by atoms with Gasteiger partial charge >= 0.3 is 0 Å². The summed E-state index contributed by atoms with van der Waals surface area (Å²) in [5.74, 6) is 0.458. The van der Waals surface area contributed by atoms with Gasteiger partial charge in [-0.3, -0.25) is 4.98 Å². The highest BCUT2D eigenvalue weighted by atomic mass is 32.2. The van der Waals surface area contributed by atoms with Crippen molar-refractivity contribution in [2.75, 3.05) is 13.6 Å². The zero-order chi connectivity index (χ0) is 25.8. The highest BCUT2D eigenvalue weighted by molar-refractivity contribution is 8.03. The lowest BCUT2D eigenvalue weighted by atomic mass is 9.93. The Morgan fingerprint density at radius 3 is 2.72 bits per heavy atom. The van der Waals surface area contributed by atoms with Crippen LogP contribution in [0.1, 0.15) is 44.4 Å². The Labute approximate surface area is 219 Å². The number of pyridine rings is 1. The first kappa shape index (κ1) is 27.5. The molecule has 188 valence electrons. The molecule has 1 aliphatic heterocycles. The quantitative estimate of drug-likeness (QED) is 0.247. The maximum Gasteiger partial charge on any atom is 0.127 e. The van der Waals surface area contributed by atoms with Crippen molar-refractivity contribution < 1.29 is 4.79 Å². The Kier molecular flexibility index (Phi) is 11.0. The third kappa shape index (κ3) is 7.21. The predicted octanol–water partition coefficient (Wildman–Crippen LogP) is 6.48. The molecular weight excluding hydrogens is 464 g/mol. The van der Waals surface area contributed by atoms with Gasteiger partial charge in [-0.05, 0) is 70.1 Å². The standard InChI is InChI=1S/C21H18N2OS.C9H18N2/c1-14-15(13-24)7-6-11-19-20(14)23-21(17-9-4-5-12-22-17)16-8-2-3-10-18(16)25-19;1-3-4-9(5-7-10)6-8-11-2/h2-10,12-15H,11H2,1H3;3-4,7,9-11H,5-6,8H2,1-2H3/b;4-3-,10-7?. The van der Waals surface area contributed by atoms with Crippen LogP contribution < -0.4 is 5.32 Å². The number of hydrogen-bond donors (Lipinski definition) is 2. The summed E-state index contributed by atoms with van der Waals surface area (Å²) in [7, 11) is 1.96. The van der Waals surface area contributed by atoms with Crippen molar-refractivity contribution in [2.24, 2.45) is 22.7 Å². The van der Waals surface area contributed by atoms with Gasteiger partial charge < -0.3 is 15.5 Å². The molecule has 3 unspecified atom stereocenters. The number of aldehydes is 1. The second-order valence-electron chi connectivity index (χ2n) is 8.83. The Bertz CT molecular complexity index is 1140. The summed E-state index contributed by atoms with van der Waals surface area (Å²) >= 11 is 1.76. The van der Waals surface area contributed by atoms with Crippen molar-refractivity contribution >= 4 is 30.0 Å². The minimum Gasteiger partial charge on any atom is -0.320 e. The van der Waals surface area contributed by atoms with Crippen LogP contribution in [0.4, 0.5) is 0 Å². The molecule has 2 N–H and O–H groups in total. The van der Waals surface area contributed by atoms with E-state index in [2.05, 4.69) is 53.7 Å². The fraction of sp³-hybridized carbons (Fsp3) is 0.333. The number of nitrogens with one attached hydrogen (secondary N) is 2. The first-order valence-electron chi connectivity index (χ1n) is 12.5. The number of benzene rings is 1. The van der Waals surface area contributed by atoms with E-state index in [9.17, 15) is 4.79 Å². The molecule has 36 heavy (non-hydrogen) atoms.